The van der Waals surface area contributed by atoms with Crippen molar-refractivity contribution < 1.29 is 14.4 Å². The molecule has 8 heteroatoms. The smallest absolute Gasteiger partial charge is 0.283 e. The summed E-state index contributed by atoms with van der Waals surface area (Å²) in [5, 5.41) is 6.09. The second kappa shape index (κ2) is 11.6. The summed E-state index contributed by atoms with van der Waals surface area (Å²) in [6, 6.07) is 19.9. The van der Waals surface area contributed by atoms with Crippen LogP contribution < -0.4 is 15.5 Å². The van der Waals surface area contributed by atoms with Gasteiger partial charge in [-0.05, 0) is 72.9 Å². The molecular formula is C29H27Cl2N3O3. The zero-order valence-corrected chi connectivity index (χ0v) is 22.1. The first-order valence-electron chi connectivity index (χ1n) is 12.1. The number of unbranched alkanes of at least 4 members (excludes halogenated alkanes) is 1. The van der Waals surface area contributed by atoms with E-state index in [-0.39, 0.29) is 23.1 Å². The summed E-state index contributed by atoms with van der Waals surface area (Å²) in [6.45, 7) is 3.99. The topological polar surface area (TPSA) is 78.5 Å². The lowest BCUT2D eigenvalue weighted by atomic mass is 10.1. The first-order chi connectivity index (χ1) is 17.8. The van der Waals surface area contributed by atoms with Crippen LogP contribution >= 0.6 is 23.2 Å². The Labute approximate surface area is 226 Å². The highest BCUT2D eigenvalue weighted by Crippen LogP contribution is 2.32. The summed E-state index contributed by atoms with van der Waals surface area (Å²) in [7, 11) is 0. The fourth-order valence-electron chi connectivity index (χ4n) is 3.94. The third-order valence-corrected chi connectivity index (χ3v) is 6.84. The van der Waals surface area contributed by atoms with E-state index in [4.69, 9.17) is 23.2 Å². The molecule has 0 spiro atoms. The van der Waals surface area contributed by atoms with Crippen LogP contribution in [0.5, 0.6) is 0 Å². The van der Waals surface area contributed by atoms with Crippen molar-refractivity contribution in [2.24, 2.45) is 0 Å². The minimum atomic E-state index is -0.624. The van der Waals surface area contributed by atoms with Gasteiger partial charge in [0, 0.05) is 16.4 Å². The number of aryl methyl sites for hydroxylation is 2. The summed E-state index contributed by atoms with van der Waals surface area (Å²) >= 11 is 12.4. The molecule has 0 fully saturated rings. The van der Waals surface area contributed by atoms with Crippen molar-refractivity contribution in [1.29, 1.82) is 0 Å². The summed E-state index contributed by atoms with van der Waals surface area (Å²) in [5.41, 5.74) is 4.53. The van der Waals surface area contributed by atoms with E-state index < -0.39 is 11.8 Å². The van der Waals surface area contributed by atoms with Crippen LogP contribution in [-0.2, 0) is 27.2 Å². The van der Waals surface area contributed by atoms with Crippen LogP contribution in [0.3, 0.4) is 0 Å². The van der Waals surface area contributed by atoms with Crippen LogP contribution in [0.2, 0.25) is 5.02 Å². The normalized spacial score (nSPS) is 13.4. The second-order valence-corrected chi connectivity index (χ2v) is 9.70. The first-order valence-corrected chi connectivity index (χ1v) is 12.8. The molecule has 0 bridgehead atoms. The van der Waals surface area contributed by atoms with Crippen molar-refractivity contribution in [3.63, 3.8) is 0 Å². The molecule has 3 amide bonds. The van der Waals surface area contributed by atoms with E-state index in [0.717, 1.165) is 41.0 Å². The summed E-state index contributed by atoms with van der Waals surface area (Å²) in [6.07, 6.45) is 3.52. The molecule has 3 aromatic carbocycles. The Balaban J connectivity index is 1.37. The summed E-state index contributed by atoms with van der Waals surface area (Å²) in [4.78, 5) is 39.2. The molecule has 0 atom stereocenters. The van der Waals surface area contributed by atoms with E-state index in [1.807, 2.05) is 31.2 Å². The van der Waals surface area contributed by atoms with Gasteiger partial charge >= 0.3 is 0 Å². The van der Waals surface area contributed by atoms with E-state index in [1.54, 1.807) is 42.5 Å². The van der Waals surface area contributed by atoms with Gasteiger partial charge in [0.05, 0.1) is 12.1 Å². The summed E-state index contributed by atoms with van der Waals surface area (Å²) in [5.74, 6) is -1.32. The van der Waals surface area contributed by atoms with Gasteiger partial charge in [0.15, 0.2) is 0 Å². The zero-order chi connectivity index (χ0) is 26.5. The maximum Gasteiger partial charge on any atom is 0.283 e. The minimum Gasteiger partial charge on any atom is -0.350 e. The first kappa shape index (κ1) is 26.5. The molecule has 37 heavy (non-hydrogen) atoms. The molecular weight excluding hydrogens is 509 g/mol. The second-order valence-electron chi connectivity index (χ2n) is 8.92. The van der Waals surface area contributed by atoms with E-state index in [1.165, 1.54) is 5.56 Å². The predicted molar refractivity (Wildman–Crippen MR) is 149 cm³/mol. The Morgan fingerprint density at radius 3 is 2.16 bits per heavy atom. The SMILES string of the molecule is CCCCc1ccc(NC(=O)Cc2ccc(NC3=C(Cl)C(=O)N(c4ccc(C)c(Cl)c4)C3=O)cc2)cc1. The Bertz CT molecular complexity index is 1370. The molecule has 1 aliphatic heterocycles. The Morgan fingerprint density at radius 1 is 0.865 bits per heavy atom. The maximum atomic E-state index is 13.0. The number of hydrogen-bond donors (Lipinski definition) is 2. The van der Waals surface area contributed by atoms with Gasteiger partial charge < -0.3 is 10.6 Å². The number of nitrogens with one attached hydrogen (secondary N) is 2. The zero-order valence-electron chi connectivity index (χ0n) is 20.6. The molecule has 0 unspecified atom stereocenters. The lowest BCUT2D eigenvalue weighted by Gasteiger charge is -2.16. The molecule has 2 N–H and O–H groups in total. The monoisotopic (exact) mass is 535 g/mol. The van der Waals surface area contributed by atoms with E-state index in [2.05, 4.69) is 17.6 Å². The van der Waals surface area contributed by atoms with Crippen molar-refractivity contribution >= 4 is 58.0 Å². The van der Waals surface area contributed by atoms with Crippen LogP contribution in [0.25, 0.3) is 0 Å². The van der Waals surface area contributed by atoms with Gasteiger partial charge in [0.1, 0.15) is 10.7 Å². The van der Waals surface area contributed by atoms with Crippen molar-refractivity contribution in [2.75, 3.05) is 15.5 Å². The van der Waals surface area contributed by atoms with Crippen LogP contribution in [0.1, 0.15) is 36.5 Å². The number of anilines is 3. The van der Waals surface area contributed by atoms with Crippen molar-refractivity contribution in [2.45, 2.75) is 39.5 Å². The largest absolute Gasteiger partial charge is 0.350 e. The van der Waals surface area contributed by atoms with Gasteiger partial charge in [-0.2, -0.15) is 0 Å². The average molecular weight is 536 g/mol. The van der Waals surface area contributed by atoms with Crippen molar-refractivity contribution in [3.8, 4) is 0 Å². The summed E-state index contributed by atoms with van der Waals surface area (Å²) < 4.78 is 0. The van der Waals surface area contributed by atoms with Crippen LogP contribution in [-0.4, -0.2) is 17.7 Å². The molecule has 0 aliphatic carbocycles. The van der Waals surface area contributed by atoms with E-state index in [9.17, 15) is 14.4 Å². The molecule has 1 aliphatic rings. The number of amides is 3. The van der Waals surface area contributed by atoms with Gasteiger partial charge in [-0.15, -0.1) is 0 Å². The van der Waals surface area contributed by atoms with Gasteiger partial charge in [-0.1, -0.05) is 66.9 Å². The number of rotatable bonds is 9. The fourth-order valence-corrected chi connectivity index (χ4v) is 4.33. The number of imide groups is 1. The molecule has 190 valence electrons. The third-order valence-electron chi connectivity index (χ3n) is 6.09. The highest BCUT2D eigenvalue weighted by atomic mass is 35.5. The minimum absolute atomic E-state index is 0.0174. The number of nitrogens with zero attached hydrogens (tertiary/aromatic N) is 1. The van der Waals surface area contributed by atoms with E-state index in [0.29, 0.717) is 16.4 Å². The lowest BCUT2D eigenvalue weighted by Crippen LogP contribution is -2.32. The number of carbonyl (C=O) groups is 3. The van der Waals surface area contributed by atoms with E-state index >= 15 is 0 Å². The van der Waals surface area contributed by atoms with Gasteiger partial charge in [0.25, 0.3) is 11.8 Å². The lowest BCUT2D eigenvalue weighted by molar-refractivity contribution is -0.120. The van der Waals surface area contributed by atoms with Crippen molar-refractivity contribution in [1.82, 2.24) is 0 Å². The molecule has 3 aromatic rings. The predicted octanol–water partition coefficient (Wildman–Crippen LogP) is 6.61. The molecule has 0 radical (unpaired) electrons. The molecule has 0 aromatic heterocycles. The quantitative estimate of drug-likeness (QED) is 0.302. The Hall–Kier alpha value is -3.61. The number of benzene rings is 3. The highest BCUT2D eigenvalue weighted by Gasteiger charge is 2.39. The van der Waals surface area contributed by atoms with Gasteiger partial charge in [-0.3, -0.25) is 14.4 Å². The van der Waals surface area contributed by atoms with Crippen LogP contribution in [0, 0.1) is 6.92 Å². The standard InChI is InChI=1S/C29H27Cl2N3O3/c1-3-4-5-19-7-11-21(12-8-19)32-25(35)16-20-9-13-22(14-10-20)33-27-26(31)28(36)34(29(27)37)23-15-6-18(2)24(30)17-23/h6-15,17,33H,3-5,16H2,1-2H3,(H,32,35). The molecule has 0 saturated heterocycles. The molecule has 6 nitrogen and oxygen atoms in total. The van der Waals surface area contributed by atoms with Crippen LogP contribution in [0.15, 0.2) is 77.5 Å². The third kappa shape index (κ3) is 6.21. The Morgan fingerprint density at radius 2 is 1.51 bits per heavy atom. The molecule has 1 heterocycles. The van der Waals surface area contributed by atoms with Crippen LogP contribution in [0.4, 0.5) is 17.1 Å². The Kier molecular flexibility index (Phi) is 8.31. The average Bonchev–Trinajstić information content (AvgIpc) is 3.09. The molecule has 4 rings (SSSR count). The number of carbonyl (C=O) groups excluding carboxylic acids is 3. The fraction of sp³-hybridized carbons (Fsp3) is 0.207. The van der Waals surface area contributed by atoms with Crippen molar-refractivity contribution in [3.05, 3.63) is 99.2 Å². The number of hydrogen-bond acceptors (Lipinski definition) is 4. The number of halogens is 2. The van der Waals surface area contributed by atoms with Gasteiger partial charge in [-0.25, -0.2) is 4.90 Å². The maximum absolute atomic E-state index is 13.0. The van der Waals surface area contributed by atoms with Gasteiger partial charge in [0.2, 0.25) is 5.91 Å². The highest BCUT2D eigenvalue weighted by molar-refractivity contribution is 6.53. The molecule has 0 saturated carbocycles.